The molecule has 1 fully saturated rings. The number of esters is 1. The molecule has 0 saturated carbocycles. The van der Waals surface area contributed by atoms with E-state index in [9.17, 15) is 9.18 Å². The van der Waals surface area contributed by atoms with Gasteiger partial charge in [-0.15, -0.1) is 0 Å². The van der Waals surface area contributed by atoms with Gasteiger partial charge in [-0.2, -0.15) is 0 Å². The summed E-state index contributed by atoms with van der Waals surface area (Å²) in [5.74, 6) is -0.664. The highest BCUT2D eigenvalue weighted by Crippen LogP contribution is 2.37. The summed E-state index contributed by atoms with van der Waals surface area (Å²) < 4.78 is 22.8. The number of aromatic nitrogens is 2. The number of rotatable bonds is 4. The Morgan fingerprint density at radius 2 is 2.00 bits per heavy atom. The summed E-state index contributed by atoms with van der Waals surface area (Å²) in [5, 5.41) is 1.12. The second-order valence-corrected chi connectivity index (χ2v) is 9.18. The Morgan fingerprint density at radius 3 is 2.61 bits per heavy atom. The Balaban J connectivity index is 1.51. The maximum atomic E-state index is 14.9. The molecule has 2 aromatic heterocycles. The third-order valence-electron chi connectivity index (χ3n) is 6.58. The van der Waals surface area contributed by atoms with Crippen molar-refractivity contribution in [2.24, 2.45) is 7.05 Å². The van der Waals surface area contributed by atoms with Crippen molar-refractivity contribution in [3.63, 3.8) is 0 Å². The fourth-order valence-corrected chi connectivity index (χ4v) is 5.29. The number of benzene rings is 1. The summed E-state index contributed by atoms with van der Waals surface area (Å²) in [6, 6.07) is 7.45. The van der Waals surface area contributed by atoms with Crippen molar-refractivity contribution < 1.29 is 13.9 Å². The average Bonchev–Trinajstić information content (AvgIpc) is 3.10. The Bertz CT molecular complexity index is 1110. The molecule has 31 heavy (non-hydrogen) atoms. The SMILES string of the molecule is COC(=O)c1cc(C)c(C2CCN(C(C)c3cc4c(Br)ccnc4n3C)CC2)c(F)c1. The van der Waals surface area contributed by atoms with E-state index in [1.54, 1.807) is 6.07 Å². The van der Waals surface area contributed by atoms with Crippen molar-refractivity contribution in [2.75, 3.05) is 20.2 Å². The van der Waals surface area contributed by atoms with Crippen LogP contribution in [0.4, 0.5) is 4.39 Å². The number of piperidine rings is 1. The number of aryl methyl sites for hydroxylation is 2. The van der Waals surface area contributed by atoms with Crippen LogP contribution in [-0.4, -0.2) is 40.6 Å². The molecule has 164 valence electrons. The lowest BCUT2D eigenvalue weighted by Gasteiger charge is -2.37. The number of hydrogen-bond donors (Lipinski definition) is 0. The molecule has 0 amide bonds. The van der Waals surface area contributed by atoms with Gasteiger partial charge in [-0.3, -0.25) is 4.90 Å². The first-order valence-electron chi connectivity index (χ1n) is 10.5. The number of carbonyl (C=O) groups is 1. The minimum atomic E-state index is -0.506. The van der Waals surface area contributed by atoms with Gasteiger partial charge in [0.1, 0.15) is 11.5 Å². The molecule has 4 rings (SSSR count). The number of nitrogens with zero attached hydrogens (tertiary/aromatic N) is 3. The van der Waals surface area contributed by atoms with Crippen LogP contribution in [0.5, 0.6) is 0 Å². The number of ether oxygens (including phenoxy) is 1. The van der Waals surface area contributed by atoms with Crippen LogP contribution >= 0.6 is 15.9 Å². The summed E-state index contributed by atoms with van der Waals surface area (Å²) in [4.78, 5) is 18.7. The highest BCUT2D eigenvalue weighted by Gasteiger charge is 2.29. The van der Waals surface area contributed by atoms with Gasteiger partial charge in [0.25, 0.3) is 0 Å². The van der Waals surface area contributed by atoms with Crippen LogP contribution in [0.15, 0.2) is 34.9 Å². The van der Waals surface area contributed by atoms with Gasteiger partial charge < -0.3 is 9.30 Å². The van der Waals surface area contributed by atoms with Crippen molar-refractivity contribution in [3.05, 3.63) is 63.1 Å². The first kappa shape index (κ1) is 22.0. The highest BCUT2D eigenvalue weighted by molar-refractivity contribution is 9.10. The minimum Gasteiger partial charge on any atom is -0.465 e. The third kappa shape index (κ3) is 4.01. The van der Waals surface area contributed by atoms with E-state index in [0.29, 0.717) is 0 Å². The van der Waals surface area contributed by atoms with Gasteiger partial charge in [-0.25, -0.2) is 14.2 Å². The van der Waals surface area contributed by atoms with E-state index in [2.05, 4.69) is 50.4 Å². The van der Waals surface area contributed by atoms with Crippen LogP contribution in [0.25, 0.3) is 11.0 Å². The lowest BCUT2D eigenvalue weighted by molar-refractivity contribution is 0.0600. The summed E-state index contributed by atoms with van der Waals surface area (Å²) in [6.07, 6.45) is 3.58. The molecule has 1 aliphatic heterocycles. The van der Waals surface area contributed by atoms with E-state index in [1.165, 1.54) is 18.9 Å². The number of pyridine rings is 1. The molecule has 0 aliphatic carbocycles. The quantitative estimate of drug-likeness (QED) is 0.455. The lowest BCUT2D eigenvalue weighted by Crippen LogP contribution is -2.36. The highest BCUT2D eigenvalue weighted by atomic mass is 79.9. The van der Waals surface area contributed by atoms with Gasteiger partial charge >= 0.3 is 5.97 Å². The van der Waals surface area contributed by atoms with Crippen molar-refractivity contribution in [1.82, 2.24) is 14.5 Å². The van der Waals surface area contributed by atoms with Crippen molar-refractivity contribution in [2.45, 2.75) is 38.6 Å². The Hall–Kier alpha value is -2.25. The Kier molecular flexibility index (Phi) is 6.17. The molecule has 0 spiro atoms. The fourth-order valence-electron chi connectivity index (χ4n) is 4.88. The van der Waals surface area contributed by atoms with Crippen molar-refractivity contribution >= 4 is 32.9 Å². The zero-order valence-electron chi connectivity index (χ0n) is 18.3. The molecule has 0 N–H and O–H groups in total. The lowest BCUT2D eigenvalue weighted by atomic mass is 9.85. The number of halogens is 2. The van der Waals surface area contributed by atoms with E-state index < -0.39 is 5.97 Å². The van der Waals surface area contributed by atoms with E-state index in [0.717, 1.165) is 52.6 Å². The molecule has 1 aliphatic rings. The zero-order valence-corrected chi connectivity index (χ0v) is 19.9. The summed E-state index contributed by atoms with van der Waals surface area (Å²) in [7, 11) is 3.37. The molecule has 0 radical (unpaired) electrons. The molecule has 5 nitrogen and oxygen atoms in total. The van der Waals surface area contributed by atoms with Gasteiger partial charge in [-0.1, -0.05) is 0 Å². The summed E-state index contributed by atoms with van der Waals surface area (Å²) in [6.45, 7) is 5.87. The number of methoxy groups -OCH3 is 1. The number of likely N-dealkylation sites (tertiary alicyclic amines) is 1. The van der Waals surface area contributed by atoms with Crippen LogP contribution in [0.2, 0.25) is 0 Å². The molecule has 1 unspecified atom stereocenters. The molecular weight excluding hydrogens is 461 g/mol. The van der Waals surface area contributed by atoms with Crippen LogP contribution in [-0.2, 0) is 11.8 Å². The van der Waals surface area contributed by atoms with E-state index >= 15 is 0 Å². The smallest absolute Gasteiger partial charge is 0.337 e. The number of hydrogen-bond acceptors (Lipinski definition) is 4. The number of carbonyl (C=O) groups excluding carboxylic acids is 1. The molecule has 1 atom stereocenters. The van der Waals surface area contributed by atoms with Crippen LogP contribution < -0.4 is 0 Å². The van der Waals surface area contributed by atoms with Gasteiger partial charge in [-0.05, 0) is 97.0 Å². The zero-order chi connectivity index (χ0) is 22.3. The normalized spacial score (nSPS) is 16.6. The summed E-state index contributed by atoms with van der Waals surface area (Å²) >= 11 is 3.62. The Morgan fingerprint density at radius 1 is 1.29 bits per heavy atom. The number of fused-ring (bicyclic) bond motifs is 1. The molecule has 3 aromatic rings. The van der Waals surface area contributed by atoms with Crippen LogP contribution in [0, 0.1) is 12.7 Å². The molecule has 0 bridgehead atoms. The predicted molar refractivity (Wildman–Crippen MR) is 123 cm³/mol. The summed E-state index contributed by atoms with van der Waals surface area (Å²) in [5.41, 5.74) is 4.00. The topological polar surface area (TPSA) is 47.4 Å². The minimum absolute atomic E-state index is 0.151. The van der Waals surface area contributed by atoms with Crippen LogP contribution in [0.1, 0.15) is 58.9 Å². The van der Waals surface area contributed by atoms with Gasteiger partial charge in [0.05, 0.1) is 12.7 Å². The molecule has 3 heterocycles. The average molecular weight is 488 g/mol. The van der Waals surface area contributed by atoms with Gasteiger partial charge in [0, 0.05) is 34.8 Å². The Labute approximate surface area is 190 Å². The van der Waals surface area contributed by atoms with Crippen LogP contribution in [0.3, 0.4) is 0 Å². The van der Waals surface area contributed by atoms with Gasteiger partial charge in [0.15, 0.2) is 0 Å². The first-order valence-corrected chi connectivity index (χ1v) is 11.3. The van der Waals surface area contributed by atoms with Crippen molar-refractivity contribution in [1.29, 1.82) is 0 Å². The second-order valence-electron chi connectivity index (χ2n) is 8.32. The third-order valence-corrected chi connectivity index (χ3v) is 7.28. The molecule has 1 aromatic carbocycles. The standard InChI is InChI=1S/C24H27BrFN3O2/c1-14-11-17(24(30)31-4)12-20(26)22(14)16-6-9-29(10-7-16)15(2)21-13-18-19(25)5-8-27-23(18)28(21)3/h5,8,11-13,15-16H,6-7,9-10H2,1-4H3. The second kappa shape index (κ2) is 8.71. The van der Waals surface area contributed by atoms with E-state index in [-0.39, 0.29) is 23.3 Å². The van der Waals surface area contributed by atoms with E-state index in [1.807, 2.05) is 19.2 Å². The first-order chi connectivity index (χ1) is 14.8. The fraction of sp³-hybridized carbons (Fsp3) is 0.417. The predicted octanol–water partition coefficient (Wildman–Crippen LogP) is 5.51. The molecule has 1 saturated heterocycles. The molecule has 7 heteroatoms. The van der Waals surface area contributed by atoms with E-state index in [4.69, 9.17) is 4.74 Å². The maximum absolute atomic E-state index is 14.9. The van der Waals surface area contributed by atoms with Crippen molar-refractivity contribution in [3.8, 4) is 0 Å². The maximum Gasteiger partial charge on any atom is 0.337 e. The largest absolute Gasteiger partial charge is 0.465 e. The molecular formula is C24H27BrFN3O2. The monoisotopic (exact) mass is 487 g/mol. The van der Waals surface area contributed by atoms with Gasteiger partial charge in [0.2, 0.25) is 0 Å².